The van der Waals surface area contributed by atoms with E-state index in [-0.39, 0.29) is 30.2 Å². The van der Waals surface area contributed by atoms with Crippen molar-refractivity contribution in [1.82, 2.24) is 15.1 Å². The molecule has 8 nitrogen and oxygen atoms in total. The molecule has 2 heterocycles. The van der Waals surface area contributed by atoms with Crippen LogP contribution in [-0.2, 0) is 14.4 Å². The summed E-state index contributed by atoms with van der Waals surface area (Å²) in [6.45, 7) is 4.53. The number of amides is 5. The summed E-state index contributed by atoms with van der Waals surface area (Å²) in [5.74, 6) is -1.12. The molecule has 0 bridgehead atoms. The van der Waals surface area contributed by atoms with Crippen molar-refractivity contribution < 1.29 is 19.2 Å². The second-order valence-electron chi connectivity index (χ2n) is 6.96. The summed E-state index contributed by atoms with van der Waals surface area (Å²) in [5, 5.41) is 2.80. The Balaban J connectivity index is 2.00. The van der Waals surface area contributed by atoms with Crippen LogP contribution in [-0.4, -0.2) is 58.7 Å². The third-order valence-electron chi connectivity index (χ3n) is 5.14. The molecule has 0 radical (unpaired) electrons. The van der Waals surface area contributed by atoms with E-state index in [2.05, 4.69) is 5.32 Å². The van der Waals surface area contributed by atoms with Crippen molar-refractivity contribution in [2.45, 2.75) is 57.9 Å². The van der Waals surface area contributed by atoms with E-state index in [0.717, 1.165) is 17.7 Å². The van der Waals surface area contributed by atoms with Crippen LogP contribution in [0.4, 0.5) is 4.79 Å². The van der Waals surface area contributed by atoms with Gasteiger partial charge in [0, 0.05) is 19.0 Å². The highest BCUT2D eigenvalue weighted by Gasteiger charge is 2.50. The van der Waals surface area contributed by atoms with Gasteiger partial charge in [0.15, 0.2) is 0 Å². The third-order valence-corrected chi connectivity index (χ3v) is 5.14. The number of piperidine rings is 1. The molecule has 3 N–H and O–H groups in total. The van der Waals surface area contributed by atoms with E-state index in [0.29, 0.717) is 38.8 Å². The zero-order valence-corrected chi connectivity index (χ0v) is 15.0. The molecular formula is C17H28N4O4. The zero-order chi connectivity index (χ0) is 18.6. The molecule has 5 amide bonds. The predicted molar refractivity (Wildman–Crippen MR) is 91.3 cm³/mol. The summed E-state index contributed by atoms with van der Waals surface area (Å²) in [5.41, 5.74) is 4.42. The molecule has 0 saturated carbocycles. The Bertz CT molecular complexity index is 549. The number of nitrogens with zero attached hydrogens (tertiary/aromatic N) is 2. The molecule has 0 aromatic carbocycles. The number of likely N-dealkylation sites (tertiary alicyclic amines) is 1. The lowest BCUT2D eigenvalue weighted by Gasteiger charge is -2.31. The van der Waals surface area contributed by atoms with Gasteiger partial charge in [0.05, 0.1) is 0 Å². The molecule has 0 unspecified atom stereocenters. The fraction of sp³-hybridized carbons (Fsp3) is 0.765. The number of urea groups is 1. The fourth-order valence-electron chi connectivity index (χ4n) is 3.79. The average Bonchev–Trinajstić information content (AvgIpc) is 2.80. The third kappa shape index (κ3) is 3.93. The molecule has 0 aliphatic carbocycles. The van der Waals surface area contributed by atoms with Crippen LogP contribution in [0.5, 0.6) is 0 Å². The maximum absolute atomic E-state index is 12.8. The Kier molecular flexibility index (Phi) is 6.02. The van der Waals surface area contributed by atoms with Gasteiger partial charge in [-0.2, -0.15) is 0 Å². The number of imide groups is 1. The standard InChI is InChI=1S/C17H28N4O4/c1-3-7-17(8-4-2)15(24)21(16(25)19-17)11-13(22)20-9-5-12(6-10-20)14(18)23/h12H,3-11H2,1-2H3,(H2,18,23)(H,19,25). The van der Waals surface area contributed by atoms with Gasteiger partial charge in [-0.1, -0.05) is 26.7 Å². The first-order valence-corrected chi connectivity index (χ1v) is 9.05. The van der Waals surface area contributed by atoms with Gasteiger partial charge in [-0.3, -0.25) is 19.3 Å². The monoisotopic (exact) mass is 352 g/mol. The van der Waals surface area contributed by atoms with E-state index < -0.39 is 11.6 Å². The molecule has 2 rings (SSSR count). The highest BCUT2D eigenvalue weighted by molar-refractivity contribution is 6.09. The molecule has 25 heavy (non-hydrogen) atoms. The van der Waals surface area contributed by atoms with Crippen molar-refractivity contribution in [1.29, 1.82) is 0 Å². The van der Waals surface area contributed by atoms with Crippen LogP contribution in [0.25, 0.3) is 0 Å². The molecule has 0 aromatic heterocycles. The SMILES string of the molecule is CCCC1(CCC)NC(=O)N(CC(=O)N2CCC(C(N)=O)CC2)C1=O. The molecule has 2 saturated heterocycles. The molecule has 8 heteroatoms. The van der Waals surface area contributed by atoms with Gasteiger partial charge in [0.1, 0.15) is 12.1 Å². The summed E-state index contributed by atoms with van der Waals surface area (Å²) in [6.07, 6.45) is 3.73. The molecule has 0 atom stereocenters. The number of hydrogen-bond donors (Lipinski definition) is 2. The largest absolute Gasteiger partial charge is 0.369 e. The highest BCUT2D eigenvalue weighted by atomic mass is 16.2. The van der Waals surface area contributed by atoms with Gasteiger partial charge >= 0.3 is 6.03 Å². The normalized spacial score (nSPS) is 20.7. The van der Waals surface area contributed by atoms with E-state index in [1.807, 2.05) is 13.8 Å². The minimum absolute atomic E-state index is 0.206. The second-order valence-corrected chi connectivity index (χ2v) is 6.96. The van der Waals surface area contributed by atoms with Crippen LogP contribution in [0.2, 0.25) is 0 Å². The summed E-state index contributed by atoms with van der Waals surface area (Å²) < 4.78 is 0. The average molecular weight is 352 g/mol. The van der Waals surface area contributed by atoms with Crippen LogP contribution >= 0.6 is 0 Å². The first-order valence-electron chi connectivity index (χ1n) is 9.05. The van der Waals surface area contributed by atoms with Crippen LogP contribution in [0.1, 0.15) is 52.4 Å². The van der Waals surface area contributed by atoms with Crippen LogP contribution in [0, 0.1) is 5.92 Å². The molecule has 140 valence electrons. The topological polar surface area (TPSA) is 113 Å². The first kappa shape index (κ1) is 19.2. The Labute approximate surface area is 148 Å². The fourth-order valence-corrected chi connectivity index (χ4v) is 3.79. The number of nitrogens with one attached hydrogen (secondary N) is 1. The number of nitrogens with two attached hydrogens (primary N) is 1. The van der Waals surface area contributed by atoms with E-state index in [1.54, 1.807) is 4.90 Å². The Morgan fingerprint density at radius 1 is 1.16 bits per heavy atom. The van der Waals surface area contributed by atoms with Crippen molar-refractivity contribution in [3.8, 4) is 0 Å². The lowest BCUT2D eigenvalue weighted by Crippen LogP contribution is -2.49. The Morgan fingerprint density at radius 3 is 2.20 bits per heavy atom. The Morgan fingerprint density at radius 2 is 1.72 bits per heavy atom. The molecule has 0 spiro atoms. The van der Waals surface area contributed by atoms with Gasteiger partial charge in [-0.25, -0.2) is 4.79 Å². The predicted octanol–water partition coefficient (Wildman–Crippen LogP) is 0.601. The van der Waals surface area contributed by atoms with Gasteiger partial charge in [-0.15, -0.1) is 0 Å². The van der Waals surface area contributed by atoms with Crippen molar-refractivity contribution >= 4 is 23.8 Å². The molecule has 2 fully saturated rings. The maximum Gasteiger partial charge on any atom is 0.325 e. The van der Waals surface area contributed by atoms with E-state index in [9.17, 15) is 19.2 Å². The van der Waals surface area contributed by atoms with Gasteiger partial charge < -0.3 is 16.0 Å². The van der Waals surface area contributed by atoms with E-state index >= 15 is 0 Å². The number of primary amides is 1. The van der Waals surface area contributed by atoms with Crippen molar-refractivity contribution in [3.05, 3.63) is 0 Å². The lowest BCUT2D eigenvalue weighted by molar-refractivity contribution is -0.140. The van der Waals surface area contributed by atoms with Crippen molar-refractivity contribution in [2.24, 2.45) is 11.7 Å². The van der Waals surface area contributed by atoms with Gasteiger partial charge in [0.2, 0.25) is 11.8 Å². The summed E-state index contributed by atoms with van der Waals surface area (Å²) >= 11 is 0. The molecule has 2 aliphatic heterocycles. The van der Waals surface area contributed by atoms with Gasteiger partial charge in [0.25, 0.3) is 5.91 Å². The van der Waals surface area contributed by atoms with Crippen molar-refractivity contribution in [3.63, 3.8) is 0 Å². The summed E-state index contributed by atoms with van der Waals surface area (Å²) in [7, 11) is 0. The zero-order valence-electron chi connectivity index (χ0n) is 15.0. The first-order chi connectivity index (χ1) is 11.8. The lowest BCUT2D eigenvalue weighted by atomic mass is 9.88. The minimum atomic E-state index is -0.875. The smallest absolute Gasteiger partial charge is 0.325 e. The van der Waals surface area contributed by atoms with E-state index in [1.165, 1.54) is 0 Å². The number of rotatable bonds is 7. The van der Waals surface area contributed by atoms with Crippen LogP contribution in [0.3, 0.4) is 0 Å². The quantitative estimate of drug-likeness (QED) is 0.653. The molecule has 2 aliphatic rings. The summed E-state index contributed by atoms with van der Waals surface area (Å²) in [6, 6.07) is -0.493. The van der Waals surface area contributed by atoms with Crippen LogP contribution < -0.4 is 11.1 Å². The van der Waals surface area contributed by atoms with Crippen molar-refractivity contribution in [2.75, 3.05) is 19.6 Å². The molecule has 0 aromatic rings. The van der Waals surface area contributed by atoms with Crippen LogP contribution in [0.15, 0.2) is 0 Å². The van der Waals surface area contributed by atoms with E-state index in [4.69, 9.17) is 5.73 Å². The molecular weight excluding hydrogens is 324 g/mol. The maximum atomic E-state index is 12.8. The summed E-state index contributed by atoms with van der Waals surface area (Å²) in [4.78, 5) is 51.4. The Hall–Kier alpha value is -2.12. The number of carbonyl (C=O) groups is 4. The number of hydrogen-bond acceptors (Lipinski definition) is 4. The second kappa shape index (κ2) is 7.84. The van der Waals surface area contributed by atoms with Gasteiger partial charge in [-0.05, 0) is 25.7 Å². The highest BCUT2D eigenvalue weighted by Crippen LogP contribution is 2.28. The minimum Gasteiger partial charge on any atom is -0.369 e. The number of carbonyl (C=O) groups excluding carboxylic acids is 4.